The second-order valence-corrected chi connectivity index (χ2v) is 9.36. The molecule has 0 unspecified atom stereocenters. The summed E-state index contributed by atoms with van der Waals surface area (Å²) in [5.74, 6) is -0.267. The quantitative estimate of drug-likeness (QED) is 0.291. The van der Waals surface area contributed by atoms with E-state index in [1.807, 2.05) is 13.8 Å². The normalized spacial score (nSPS) is 14.5. The van der Waals surface area contributed by atoms with Crippen LogP contribution in [0.3, 0.4) is 0 Å². The third kappa shape index (κ3) is 4.54. The van der Waals surface area contributed by atoms with Crippen LogP contribution in [-0.2, 0) is 9.59 Å². The van der Waals surface area contributed by atoms with E-state index in [1.165, 1.54) is 0 Å². The van der Waals surface area contributed by atoms with Gasteiger partial charge >= 0.3 is 6.03 Å². The highest BCUT2D eigenvalue weighted by molar-refractivity contribution is 7.99. The summed E-state index contributed by atoms with van der Waals surface area (Å²) >= 11 is 14.2. The summed E-state index contributed by atoms with van der Waals surface area (Å²) in [6, 6.07) is 13.1. The van der Waals surface area contributed by atoms with Crippen LogP contribution >= 0.6 is 47.1 Å². The van der Waals surface area contributed by atoms with E-state index in [4.69, 9.17) is 23.2 Å². The molecule has 156 valence electrons. The third-order valence-corrected chi connectivity index (χ3v) is 6.36. The molecule has 0 spiro atoms. The molecule has 4 amide bonds. The average Bonchev–Trinajstić information content (AvgIpc) is 2.73. The predicted octanol–water partition coefficient (Wildman–Crippen LogP) is 5.92. The molecule has 1 heterocycles. The number of urea groups is 1. The smallest absolute Gasteiger partial charge is 0.267 e. The Morgan fingerprint density at radius 1 is 0.733 bits per heavy atom. The molecule has 1 saturated heterocycles. The lowest BCUT2D eigenvalue weighted by Crippen LogP contribution is -2.51. The zero-order chi connectivity index (χ0) is 21.8. The van der Waals surface area contributed by atoms with Crippen molar-refractivity contribution in [1.29, 1.82) is 0 Å². The third-order valence-electron chi connectivity index (χ3n) is 4.18. The van der Waals surface area contributed by atoms with E-state index in [0.717, 1.165) is 32.5 Å². The fraction of sp³-hybridized carbons (Fsp3) is 0.190. The van der Waals surface area contributed by atoms with Crippen LogP contribution in [0.1, 0.15) is 25.0 Å². The Balaban J connectivity index is 2.29. The van der Waals surface area contributed by atoms with Crippen molar-refractivity contribution in [2.24, 2.45) is 0 Å². The van der Waals surface area contributed by atoms with Crippen molar-refractivity contribution in [3.8, 4) is 0 Å². The molecule has 5 nitrogen and oxygen atoms in total. The van der Waals surface area contributed by atoms with Gasteiger partial charge < -0.3 is 0 Å². The van der Waals surface area contributed by atoms with Gasteiger partial charge in [0.05, 0.1) is 0 Å². The van der Waals surface area contributed by atoms with Gasteiger partial charge in [-0.3, -0.25) is 9.59 Å². The first-order valence-electron chi connectivity index (χ1n) is 9.13. The van der Waals surface area contributed by atoms with Gasteiger partial charge in [0.2, 0.25) is 0 Å². The van der Waals surface area contributed by atoms with Gasteiger partial charge in [0.1, 0.15) is 5.57 Å². The van der Waals surface area contributed by atoms with E-state index in [-0.39, 0.29) is 5.57 Å². The molecular formula is C21H18Cl2N2O3S2. The Labute approximate surface area is 193 Å². The minimum atomic E-state index is -0.640. The lowest BCUT2D eigenvalue weighted by Gasteiger charge is -2.32. The van der Waals surface area contributed by atoms with Crippen LogP contribution in [0.15, 0.2) is 54.1 Å². The minimum Gasteiger partial charge on any atom is -0.267 e. The maximum Gasteiger partial charge on any atom is 0.354 e. The molecule has 0 aromatic heterocycles. The Hall–Kier alpha value is -1.93. The number of rotatable bonds is 6. The lowest BCUT2D eigenvalue weighted by atomic mass is 9.91. The molecule has 3 rings (SSSR count). The molecule has 0 bridgehead atoms. The molecule has 1 aliphatic rings. The minimum absolute atomic E-state index is 0.0684. The van der Waals surface area contributed by atoms with Crippen molar-refractivity contribution in [3.63, 3.8) is 0 Å². The fourth-order valence-corrected chi connectivity index (χ4v) is 4.56. The Bertz CT molecular complexity index is 930. The second kappa shape index (κ2) is 9.92. The molecule has 0 N–H and O–H groups in total. The van der Waals surface area contributed by atoms with E-state index in [9.17, 15) is 14.4 Å². The van der Waals surface area contributed by atoms with Crippen molar-refractivity contribution in [1.82, 2.24) is 8.61 Å². The van der Waals surface area contributed by atoms with Crippen LogP contribution < -0.4 is 0 Å². The molecule has 0 radical (unpaired) electrons. The largest absolute Gasteiger partial charge is 0.354 e. The molecular weight excluding hydrogens is 463 g/mol. The van der Waals surface area contributed by atoms with Gasteiger partial charge in [0, 0.05) is 27.1 Å². The van der Waals surface area contributed by atoms with Gasteiger partial charge in [0.15, 0.2) is 0 Å². The van der Waals surface area contributed by atoms with Crippen molar-refractivity contribution < 1.29 is 14.4 Å². The van der Waals surface area contributed by atoms with Crippen molar-refractivity contribution in [2.45, 2.75) is 13.8 Å². The molecule has 1 aliphatic heterocycles. The highest BCUT2D eigenvalue weighted by atomic mass is 35.5. The number of amides is 4. The van der Waals surface area contributed by atoms with Crippen molar-refractivity contribution in [2.75, 3.05) is 11.5 Å². The summed E-state index contributed by atoms with van der Waals surface area (Å²) in [4.78, 5) is 39.4. The molecule has 0 atom stereocenters. The zero-order valence-corrected chi connectivity index (χ0v) is 19.4. The Kier molecular flexibility index (Phi) is 7.52. The first-order valence-corrected chi connectivity index (χ1v) is 11.8. The van der Waals surface area contributed by atoms with Gasteiger partial charge in [0.25, 0.3) is 11.8 Å². The number of carbonyl (C=O) groups is 3. The SMILES string of the molecule is CCSN1C(=O)C(=C(c2ccc(Cl)cc2)c2ccc(Cl)cc2)C(=O)N(SCC)C1=O. The highest BCUT2D eigenvalue weighted by Crippen LogP contribution is 2.36. The monoisotopic (exact) mass is 480 g/mol. The van der Waals surface area contributed by atoms with Gasteiger partial charge in [-0.2, -0.15) is 8.61 Å². The van der Waals surface area contributed by atoms with Crippen molar-refractivity contribution >= 4 is 70.5 Å². The van der Waals surface area contributed by atoms with Crippen LogP contribution in [0, 0.1) is 0 Å². The molecule has 1 fully saturated rings. The number of carbonyl (C=O) groups excluding carboxylic acids is 3. The van der Waals surface area contributed by atoms with E-state index in [1.54, 1.807) is 48.5 Å². The van der Waals surface area contributed by atoms with Crippen LogP contribution in [0.4, 0.5) is 4.79 Å². The van der Waals surface area contributed by atoms with E-state index in [2.05, 4.69) is 0 Å². The van der Waals surface area contributed by atoms with Crippen LogP contribution in [-0.4, -0.2) is 38.0 Å². The number of benzene rings is 2. The molecule has 0 saturated carbocycles. The number of nitrogens with zero attached hydrogens (tertiary/aromatic N) is 2. The Morgan fingerprint density at radius 3 is 1.43 bits per heavy atom. The predicted molar refractivity (Wildman–Crippen MR) is 124 cm³/mol. The highest BCUT2D eigenvalue weighted by Gasteiger charge is 2.44. The van der Waals surface area contributed by atoms with E-state index >= 15 is 0 Å². The number of halogens is 2. The van der Waals surface area contributed by atoms with Gasteiger partial charge in [-0.1, -0.05) is 61.3 Å². The number of hydrogen-bond acceptors (Lipinski definition) is 5. The first-order chi connectivity index (χ1) is 14.4. The van der Waals surface area contributed by atoms with Crippen molar-refractivity contribution in [3.05, 3.63) is 75.3 Å². The summed E-state index contributed by atoms with van der Waals surface area (Å²) in [5, 5.41) is 1.06. The summed E-state index contributed by atoms with van der Waals surface area (Å²) in [6.07, 6.45) is 0. The zero-order valence-electron chi connectivity index (χ0n) is 16.2. The van der Waals surface area contributed by atoms with Crippen LogP contribution in [0.5, 0.6) is 0 Å². The van der Waals surface area contributed by atoms with E-state index in [0.29, 0.717) is 38.3 Å². The first kappa shape index (κ1) is 22.7. The summed E-state index contributed by atoms with van der Waals surface area (Å²) < 4.78 is 2.09. The fourth-order valence-electron chi connectivity index (χ4n) is 2.94. The molecule has 0 aliphatic carbocycles. The molecule has 9 heteroatoms. The van der Waals surface area contributed by atoms with Gasteiger partial charge in [-0.05, 0) is 59.3 Å². The van der Waals surface area contributed by atoms with Crippen LogP contribution in [0.2, 0.25) is 10.0 Å². The summed E-state index contributed by atoms with van der Waals surface area (Å²) in [6.45, 7) is 3.67. The van der Waals surface area contributed by atoms with Gasteiger partial charge in [-0.15, -0.1) is 0 Å². The summed E-state index contributed by atoms with van der Waals surface area (Å²) in [7, 11) is 0. The maximum atomic E-state index is 13.3. The van der Waals surface area contributed by atoms with Gasteiger partial charge in [-0.25, -0.2) is 4.79 Å². The second-order valence-electron chi connectivity index (χ2n) is 6.08. The molecule has 30 heavy (non-hydrogen) atoms. The van der Waals surface area contributed by atoms with Crippen LogP contribution in [0.25, 0.3) is 5.57 Å². The summed E-state index contributed by atoms with van der Waals surface area (Å²) in [5.41, 5.74) is 1.63. The Morgan fingerprint density at radius 2 is 1.10 bits per heavy atom. The molecule has 2 aromatic carbocycles. The standard InChI is InChI=1S/C21H18Cl2N2O3S2/c1-3-29-24-19(26)18(20(27)25(21(24)28)30-4-2)17(13-5-9-15(22)10-6-13)14-7-11-16(23)12-8-14/h5-12H,3-4H2,1-2H3. The number of hydrogen-bond donors (Lipinski definition) is 0. The average molecular weight is 481 g/mol. The molecule has 2 aromatic rings. The topological polar surface area (TPSA) is 57.7 Å². The van der Waals surface area contributed by atoms with E-state index < -0.39 is 17.8 Å². The lowest BCUT2D eigenvalue weighted by molar-refractivity contribution is -0.129. The number of imide groups is 2. The number of barbiturate groups is 1. The maximum absolute atomic E-state index is 13.3.